The first-order chi connectivity index (χ1) is 11.9. The number of thioether (sulfide) groups is 1. The topological polar surface area (TPSA) is 64.6 Å². The predicted molar refractivity (Wildman–Crippen MR) is 94.8 cm³/mol. The highest BCUT2D eigenvalue weighted by atomic mass is 32.2. The molecule has 0 unspecified atom stereocenters. The minimum Gasteiger partial charge on any atom is -0.496 e. The van der Waals surface area contributed by atoms with Crippen molar-refractivity contribution in [2.45, 2.75) is 11.8 Å². The number of halogens is 1. The number of amides is 1. The van der Waals surface area contributed by atoms with Crippen molar-refractivity contribution < 1.29 is 23.5 Å². The second-order valence-corrected chi connectivity index (χ2v) is 6.03. The third-order valence-electron chi connectivity index (χ3n) is 3.44. The molecule has 2 aromatic carbocycles. The molecule has 0 atom stereocenters. The highest BCUT2D eigenvalue weighted by Gasteiger charge is 2.16. The van der Waals surface area contributed by atoms with Gasteiger partial charge >= 0.3 is 5.97 Å². The molecule has 132 valence electrons. The molecule has 0 spiro atoms. The zero-order valence-corrected chi connectivity index (χ0v) is 14.9. The lowest BCUT2D eigenvalue weighted by Gasteiger charge is -2.11. The number of nitrogens with one attached hydrogen (secondary N) is 1. The van der Waals surface area contributed by atoms with Crippen LogP contribution in [0.5, 0.6) is 5.75 Å². The Balaban J connectivity index is 2.00. The number of hydrogen-bond donors (Lipinski definition) is 1. The summed E-state index contributed by atoms with van der Waals surface area (Å²) in [5, 5.41) is 2.51. The van der Waals surface area contributed by atoms with Crippen molar-refractivity contribution >= 4 is 29.3 Å². The molecule has 25 heavy (non-hydrogen) atoms. The van der Waals surface area contributed by atoms with Gasteiger partial charge in [0.25, 0.3) is 5.91 Å². The van der Waals surface area contributed by atoms with Crippen LogP contribution in [0.2, 0.25) is 0 Å². The molecular weight excluding hydrogens is 345 g/mol. The third-order valence-corrected chi connectivity index (χ3v) is 4.16. The van der Waals surface area contributed by atoms with Crippen LogP contribution in [-0.2, 0) is 9.53 Å². The average Bonchev–Trinajstić information content (AvgIpc) is 2.62. The summed E-state index contributed by atoms with van der Waals surface area (Å²) in [6, 6.07) is 9.13. The molecule has 0 aliphatic heterocycles. The summed E-state index contributed by atoms with van der Waals surface area (Å²) >= 11 is 1.51. The van der Waals surface area contributed by atoms with Crippen molar-refractivity contribution in [1.82, 2.24) is 0 Å². The van der Waals surface area contributed by atoms with Gasteiger partial charge in [0.2, 0.25) is 0 Å². The quantitative estimate of drug-likeness (QED) is 0.627. The molecule has 0 bridgehead atoms. The molecule has 1 amide bonds. The summed E-state index contributed by atoms with van der Waals surface area (Å²) in [4.78, 5) is 25.0. The summed E-state index contributed by atoms with van der Waals surface area (Å²) in [5.74, 6) is -1.31. The number of methoxy groups -OCH3 is 1. The molecule has 0 saturated heterocycles. The van der Waals surface area contributed by atoms with Crippen LogP contribution in [0, 0.1) is 12.7 Å². The number of benzene rings is 2. The summed E-state index contributed by atoms with van der Waals surface area (Å²) in [6.07, 6.45) is 1.91. The molecule has 5 nitrogen and oxygen atoms in total. The Labute approximate surface area is 149 Å². The van der Waals surface area contributed by atoms with E-state index in [4.69, 9.17) is 9.47 Å². The predicted octanol–water partition coefficient (Wildman–Crippen LogP) is 3.66. The van der Waals surface area contributed by atoms with Crippen molar-refractivity contribution in [1.29, 1.82) is 0 Å². The molecule has 0 radical (unpaired) electrons. The molecule has 0 aliphatic carbocycles. The SMILES string of the molecule is COc1cc(SC)ccc1C(=O)OCC(=O)Nc1cc(F)ccc1C. The van der Waals surface area contributed by atoms with Gasteiger partial charge in [-0.2, -0.15) is 0 Å². The Morgan fingerprint density at radius 3 is 2.64 bits per heavy atom. The van der Waals surface area contributed by atoms with E-state index >= 15 is 0 Å². The normalized spacial score (nSPS) is 10.2. The van der Waals surface area contributed by atoms with E-state index in [9.17, 15) is 14.0 Å². The maximum absolute atomic E-state index is 13.2. The van der Waals surface area contributed by atoms with Crippen molar-refractivity contribution in [2.24, 2.45) is 0 Å². The number of hydrogen-bond acceptors (Lipinski definition) is 5. The van der Waals surface area contributed by atoms with Crippen LogP contribution in [0.25, 0.3) is 0 Å². The van der Waals surface area contributed by atoms with Gasteiger partial charge in [0.15, 0.2) is 6.61 Å². The van der Waals surface area contributed by atoms with Crippen LogP contribution in [0.15, 0.2) is 41.3 Å². The van der Waals surface area contributed by atoms with Crippen LogP contribution >= 0.6 is 11.8 Å². The maximum Gasteiger partial charge on any atom is 0.342 e. The minimum atomic E-state index is -0.671. The molecule has 2 rings (SSSR count). The minimum absolute atomic E-state index is 0.232. The van der Waals surface area contributed by atoms with Gasteiger partial charge < -0.3 is 14.8 Å². The van der Waals surface area contributed by atoms with Gasteiger partial charge in [0, 0.05) is 10.6 Å². The van der Waals surface area contributed by atoms with E-state index in [0.717, 1.165) is 4.90 Å². The Bertz CT molecular complexity index is 795. The fraction of sp³-hybridized carbons (Fsp3) is 0.222. The zero-order chi connectivity index (χ0) is 18.4. The molecule has 0 heterocycles. The van der Waals surface area contributed by atoms with Gasteiger partial charge in [-0.1, -0.05) is 6.07 Å². The van der Waals surface area contributed by atoms with Crippen LogP contribution in [-0.4, -0.2) is 31.8 Å². The van der Waals surface area contributed by atoms with Gasteiger partial charge in [-0.3, -0.25) is 4.79 Å². The van der Waals surface area contributed by atoms with Gasteiger partial charge in [0.1, 0.15) is 17.1 Å². The Hall–Kier alpha value is -2.54. The van der Waals surface area contributed by atoms with Crippen LogP contribution in [0.4, 0.5) is 10.1 Å². The Kier molecular flexibility index (Phi) is 6.41. The van der Waals surface area contributed by atoms with E-state index < -0.39 is 24.3 Å². The van der Waals surface area contributed by atoms with Crippen LogP contribution < -0.4 is 10.1 Å². The first-order valence-electron chi connectivity index (χ1n) is 7.39. The fourth-order valence-electron chi connectivity index (χ4n) is 2.09. The van der Waals surface area contributed by atoms with Crippen LogP contribution in [0.1, 0.15) is 15.9 Å². The third kappa shape index (κ3) is 4.96. The molecule has 0 aromatic heterocycles. The Morgan fingerprint density at radius 1 is 1.20 bits per heavy atom. The number of rotatable bonds is 6. The van der Waals surface area contributed by atoms with Gasteiger partial charge in [0.05, 0.1) is 7.11 Å². The lowest BCUT2D eigenvalue weighted by atomic mass is 10.2. The van der Waals surface area contributed by atoms with Crippen molar-refractivity contribution in [3.05, 3.63) is 53.3 Å². The van der Waals surface area contributed by atoms with E-state index in [1.807, 2.05) is 6.26 Å². The number of anilines is 1. The lowest BCUT2D eigenvalue weighted by molar-refractivity contribution is -0.119. The maximum atomic E-state index is 13.2. The molecule has 1 N–H and O–H groups in total. The average molecular weight is 363 g/mol. The largest absolute Gasteiger partial charge is 0.496 e. The number of ether oxygens (including phenoxy) is 2. The van der Waals surface area contributed by atoms with E-state index in [-0.39, 0.29) is 5.56 Å². The highest BCUT2D eigenvalue weighted by molar-refractivity contribution is 7.98. The Morgan fingerprint density at radius 2 is 1.96 bits per heavy atom. The molecular formula is C18H18FNO4S. The van der Waals surface area contributed by atoms with Crippen LogP contribution in [0.3, 0.4) is 0 Å². The summed E-state index contributed by atoms with van der Waals surface area (Å²) in [7, 11) is 1.45. The van der Waals surface area contributed by atoms with Crippen molar-refractivity contribution in [2.75, 3.05) is 25.3 Å². The van der Waals surface area contributed by atoms with E-state index in [0.29, 0.717) is 17.0 Å². The standard InChI is InChI=1S/C18H18FNO4S/c1-11-4-5-12(19)8-15(11)20-17(21)10-24-18(22)14-7-6-13(25-3)9-16(14)23-2/h4-9H,10H2,1-3H3,(H,20,21). The van der Waals surface area contributed by atoms with Gasteiger partial charge in [-0.15, -0.1) is 11.8 Å². The molecule has 2 aromatic rings. The number of aryl methyl sites for hydroxylation is 1. The summed E-state index contributed by atoms with van der Waals surface area (Å²) < 4.78 is 23.4. The van der Waals surface area contributed by atoms with Crippen molar-refractivity contribution in [3.63, 3.8) is 0 Å². The van der Waals surface area contributed by atoms with Gasteiger partial charge in [-0.25, -0.2) is 9.18 Å². The number of esters is 1. The number of carbonyl (C=O) groups is 2. The first kappa shape index (κ1) is 18.8. The molecule has 0 fully saturated rings. The monoisotopic (exact) mass is 363 g/mol. The highest BCUT2D eigenvalue weighted by Crippen LogP contribution is 2.26. The number of carbonyl (C=O) groups excluding carboxylic acids is 2. The zero-order valence-electron chi connectivity index (χ0n) is 14.1. The first-order valence-corrected chi connectivity index (χ1v) is 8.62. The van der Waals surface area contributed by atoms with Crippen molar-refractivity contribution in [3.8, 4) is 5.75 Å². The van der Waals surface area contributed by atoms with E-state index in [1.165, 1.54) is 31.0 Å². The second-order valence-electron chi connectivity index (χ2n) is 5.15. The smallest absolute Gasteiger partial charge is 0.342 e. The second kappa shape index (κ2) is 8.53. The van der Waals surface area contributed by atoms with E-state index in [2.05, 4.69) is 5.32 Å². The molecule has 0 saturated carbocycles. The summed E-state index contributed by atoms with van der Waals surface area (Å²) in [6.45, 7) is 1.25. The van der Waals surface area contributed by atoms with E-state index in [1.54, 1.807) is 31.2 Å². The lowest BCUT2D eigenvalue weighted by Crippen LogP contribution is -2.21. The molecule has 0 aliphatic rings. The molecule has 7 heteroatoms. The van der Waals surface area contributed by atoms with Gasteiger partial charge in [-0.05, 0) is 49.1 Å². The fourth-order valence-corrected chi connectivity index (χ4v) is 2.52. The summed E-state index contributed by atoms with van der Waals surface area (Å²) in [5.41, 5.74) is 1.27.